The van der Waals surface area contributed by atoms with Gasteiger partial charge < -0.3 is 10.2 Å². The van der Waals surface area contributed by atoms with E-state index in [4.69, 9.17) is 0 Å². The lowest BCUT2D eigenvalue weighted by Crippen LogP contribution is -2.47. The van der Waals surface area contributed by atoms with Crippen molar-refractivity contribution in [3.63, 3.8) is 0 Å². The van der Waals surface area contributed by atoms with E-state index in [0.29, 0.717) is 12.1 Å². The quantitative estimate of drug-likeness (QED) is 0.680. The molecular formula is C23H29F3N2O. The number of anilines is 2. The van der Waals surface area contributed by atoms with Crippen LogP contribution in [0.3, 0.4) is 0 Å². The highest BCUT2D eigenvalue weighted by molar-refractivity contribution is 5.95. The van der Waals surface area contributed by atoms with Gasteiger partial charge in [-0.05, 0) is 92.7 Å². The molecule has 0 spiro atoms. The van der Waals surface area contributed by atoms with Gasteiger partial charge in [0.2, 0.25) is 5.91 Å². The molecule has 6 heteroatoms. The highest BCUT2D eigenvalue weighted by atomic mass is 19.4. The minimum Gasteiger partial charge on any atom is -0.370 e. The molecule has 1 aliphatic heterocycles. The first-order valence-electron chi connectivity index (χ1n) is 11.1. The van der Waals surface area contributed by atoms with E-state index in [1.807, 2.05) is 0 Å². The molecule has 4 aliphatic carbocycles. The molecule has 1 N–H and O–H groups in total. The number of rotatable bonds is 4. The number of hydrogen-bond acceptors (Lipinski definition) is 2. The third-order valence-corrected chi connectivity index (χ3v) is 7.75. The maximum atomic E-state index is 13.3. The van der Waals surface area contributed by atoms with E-state index in [1.54, 1.807) is 0 Å². The maximum Gasteiger partial charge on any atom is 0.416 e. The zero-order valence-electron chi connectivity index (χ0n) is 16.7. The lowest BCUT2D eigenvalue weighted by atomic mass is 9.49. The SMILES string of the molecule is O=C(CC12CC3CC(CC(C3)C1)C2)Nc1cc(C(F)(F)F)ccc1N1CCCC1. The van der Waals surface area contributed by atoms with Gasteiger partial charge in [-0.1, -0.05) is 0 Å². The van der Waals surface area contributed by atoms with Gasteiger partial charge in [0.05, 0.1) is 16.9 Å². The predicted octanol–water partition coefficient (Wildman–Crippen LogP) is 5.85. The van der Waals surface area contributed by atoms with Gasteiger partial charge in [-0.3, -0.25) is 4.79 Å². The van der Waals surface area contributed by atoms with Gasteiger partial charge in [0.15, 0.2) is 0 Å². The molecule has 1 saturated heterocycles. The molecule has 1 amide bonds. The zero-order chi connectivity index (χ0) is 20.2. The fourth-order valence-corrected chi connectivity index (χ4v) is 7.09. The number of carbonyl (C=O) groups is 1. The molecule has 4 saturated carbocycles. The monoisotopic (exact) mass is 406 g/mol. The smallest absolute Gasteiger partial charge is 0.370 e. The first-order chi connectivity index (χ1) is 13.8. The van der Waals surface area contributed by atoms with Crippen molar-refractivity contribution in [3.05, 3.63) is 23.8 Å². The minimum absolute atomic E-state index is 0.0777. The molecule has 0 aromatic heterocycles. The summed E-state index contributed by atoms with van der Waals surface area (Å²) in [5.41, 5.74) is 0.408. The van der Waals surface area contributed by atoms with Gasteiger partial charge in [0.25, 0.3) is 0 Å². The first-order valence-corrected chi connectivity index (χ1v) is 11.1. The number of carbonyl (C=O) groups excluding carboxylic acids is 1. The Kier molecular flexibility index (Phi) is 4.59. The Morgan fingerprint density at radius 2 is 1.62 bits per heavy atom. The molecule has 3 nitrogen and oxygen atoms in total. The predicted molar refractivity (Wildman–Crippen MR) is 107 cm³/mol. The summed E-state index contributed by atoms with van der Waals surface area (Å²) in [6, 6.07) is 3.77. The Balaban J connectivity index is 1.36. The summed E-state index contributed by atoms with van der Waals surface area (Å²) in [5, 5.41) is 2.89. The molecule has 0 atom stereocenters. The summed E-state index contributed by atoms with van der Waals surface area (Å²) >= 11 is 0. The number of nitrogens with one attached hydrogen (secondary N) is 1. The van der Waals surface area contributed by atoms with E-state index >= 15 is 0 Å². The molecular weight excluding hydrogens is 377 g/mol. The van der Waals surface area contributed by atoms with Crippen molar-refractivity contribution >= 4 is 17.3 Å². The van der Waals surface area contributed by atoms with Gasteiger partial charge in [0.1, 0.15) is 0 Å². The molecule has 5 aliphatic rings. The molecule has 1 aromatic rings. The van der Waals surface area contributed by atoms with Crippen LogP contribution in [-0.2, 0) is 11.0 Å². The fourth-order valence-electron chi connectivity index (χ4n) is 7.09. The standard InChI is InChI=1S/C23H29F3N2O/c24-23(25,26)18-3-4-20(28-5-1-2-6-28)19(10-18)27-21(29)14-22-11-15-7-16(12-22)9-17(8-15)13-22/h3-4,10,15-17H,1-2,5-9,11-14H2,(H,27,29). The molecule has 1 heterocycles. The lowest BCUT2D eigenvalue weighted by molar-refractivity contribution is -0.137. The Bertz CT molecular complexity index is 763. The van der Waals surface area contributed by atoms with Crippen LogP contribution < -0.4 is 10.2 Å². The number of nitrogens with zero attached hydrogens (tertiary/aromatic N) is 1. The van der Waals surface area contributed by atoms with Crippen molar-refractivity contribution in [1.29, 1.82) is 0 Å². The Morgan fingerprint density at radius 3 is 2.17 bits per heavy atom. The van der Waals surface area contributed by atoms with Crippen LogP contribution >= 0.6 is 0 Å². The summed E-state index contributed by atoms with van der Waals surface area (Å²) in [6.07, 6.45) is 5.39. The number of hydrogen-bond donors (Lipinski definition) is 1. The Hall–Kier alpha value is -1.72. The molecule has 4 bridgehead atoms. The molecule has 1 aromatic carbocycles. The number of alkyl halides is 3. The second kappa shape index (κ2) is 6.92. The van der Waals surface area contributed by atoms with Crippen molar-refractivity contribution in [1.82, 2.24) is 0 Å². The average molecular weight is 406 g/mol. The van der Waals surface area contributed by atoms with E-state index in [2.05, 4.69) is 10.2 Å². The van der Waals surface area contributed by atoms with Crippen molar-refractivity contribution in [3.8, 4) is 0 Å². The van der Waals surface area contributed by atoms with Gasteiger partial charge in [-0.2, -0.15) is 13.2 Å². The largest absolute Gasteiger partial charge is 0.416 e. The van der Waals surface area contributed by atoms with Crippen LogP contribution in [0.4, 0.5) is 24.5 Å². The van der Waals surface area contributed by atoms with Crippen LogP contribution in [0.15, 0.2) is 18.2 Å². The van der Waals surface area contributed by atoms with Crippen molar-refractivity contribution in [2.24, 2.45) is 23.2 Å². The molecule has 5 fully saturated rings. The van der Waals surface area contributed by atoms with Gasteiger partial charge >= 0.3 is 6.18 Å². The van der Waals surface area contributed by atoms with Crippen LogP contribution in [0.5, 0.6) is 0 Å². The minimum atomic E-state index is -4.41. The second-order valence-corrected chi connectivity index (χ2v) is 10.1. The molecule has 0 unspecified atom stereocenters. The maximum absolute atomic E-state index is 13.3. The summed E-state index contributed by atoms with van der Waals surface area (Å²) in [7, 11) is 0. The third-order valence-electron chi connectivity index (χ3n) is 7.75. The summed E-state index contributed by atoms with van der Waals surface area (Å²) in [4.78, 5) is 15.1. The highest BCUT2D eigenvalue weighted by Crippen LogP contribution is 2.61. The molecule has 6 rings (SSSR count). The normalized spacial score (nSPS) is 33.3. The van der Waals surface area contributed by atoms with E-state index < -0.39 is 11.7 Å². The number of benzene rings is 1. The van der Waals surface area contributed by atoms with Crippen LogP contribution in [0, 0.1) is 23.2 Å². The average Bonchev–Trinajstić information content (AvgIpc) is 3.13. The van der Waals surface area contributed by atoms with Crippen LogP contribution in [0.25, 0.3) is 0 Å². The molecule has 0 radical (unpaired) electrons. The molecule has 158 valence electrons. The topological polar surface area (TPSA) is 32.3 Å². The van der Waals surface area contributed by atoms with Crippen LogP contribution in [-0.4, -0.2) is 19.0 Å². The van der Waals surface area contributed by atoms with Gasteiger partial charge in [0, 0.05) is 19.5 Å². The number of amides is 1. The Labute approximate surface area is 170 Å². The van der Waals surface area contributed by atoms with Crippen molar-refractivity contribution in [2.45, 2.75) is 64.0 Å². The lowest BCUT2D eigenvalue weighted by Gasteiger charge is -2.56. The van der Waals surface area contributed by atoms with Crippen LogP contribution in [0.2, 0.25) is 0 Å². The summed E-state index contributed by atoms with van der Waals surface area (Å²) < 4.78 is 39.8. The van der Waals surface area contributed by atoms with Crippen molar-refractivity contribution in [2.75, 3.05) is 23.3 Å². The molecule has 29 heavy (non-hydrogen) atoms. The fraction of sp³-hybridized carbons (Fsp3) is 0.696. The summed E-state index contributed by atoms with van der Waals surface area (Å²) in [6.45, 7) is 1.65. The van der Waals surface area contributed by atoms with E-state index in [9.17, 15) is 18.0 Å². The third kappa shape index (κ3) is 3.75. The van der Waals surface area contributed by atoms with Gasteiger partial charge in [-0.15, -0.1) is 0 Å². The van der Waals surface area contributed by atoms with E-state index in [0.717, 1.165) is 80.8 Å². The highest BCUT2D eigenvalue weighted by Gasteiger charge is 2.51. The van der Waals surface area contributed by atoms with E-state index in [1.165, 1.54) is 25.3 Å². The van der Waals surface area contributed by atoms with Crippen LogP contribution in [0.1, 0.15) is 63.4 Å². The summed E-state index contributed by atoms with van der Waals surface area (Å²) in [5.74, 6) is 2.14. The second-order valence-electron chi connectivity index (χ2n) is 10.1. The first kappa shape index (κ1) is 19.3. The Morgan fingerprint density at radius 1 is 1.03 bits per heavy atom. The number of halogens is 3. The zero-order valence-corrected chi connectivity index (χ0v) is 16.7. The van der Waals surface area contributed by atoms with Crippen molar-refractivity contribution < 1.29 is 18.0 Å². The van der Waals surface area contributed by atoms with E-state index in [-0.39, 0.29) is 11.3 Å². The van der Waals surface area contributed by atoms with Gasteiger partial charge in [-0.25, -0.2) is 0 Å².